The van der Waals surface area contributed by atoms with Gasteiger partial charge in [0, 0.05) is 6.20 Å². The molecule has 0 aliphatic carbocycles. The highest BCUT2D eigenvalue weighted by molar-refractivity contribution is 6.31. The minimum atomic E-state index is -4.58. The Morgan fingerprint density at radius 1 is 1.27 bits per heavy atom. The van der Waals surface area contributed by atoms with Crippen molar-refractivity contribution in [3.05, 3.63) is 64.4 Å². The summed E-state index contributed by atoms with van der Waals surface area (Å²) >= 11 is 5.81. The van der Waals surface area contributed by atoms with Crippen molar-refractivity contribution in [1.82, 2.24) is 4.98 Å². The Hall–Kier alpha value is -2.08. The normalized spacial score (nSPS) is 12.9. The second-order valence-electron chi connectivity index (χ2n) is 4.67. The van der Waals surface area contributed by atoms with E-state index >= 15 is 0 Å². The highest BCUT2D eigenvalue weighted by Crippen LogP contribution is 2.33. The predicted octanol–water partition coefficient (Wildman–Crippen LogP) is 4.16. The van der Waals surface area contributed by atoms with Crippen LogP contribution in [0.3, 0.4) is 0 Å². The highest BCUT2D eigenvalue weighted by Gasteiger charge is 2.33. The van der Waals surface area contributed by atoms with Crippen LogP contribution >= 0.6 is 11.6 Å². The average Bonchev–Trinajstić information content (AvgIpc) is 2.45. The van der Waals surface area contributed by atoms with Gasteiger partial charge in [-0.05, 0) is 18.1 Å². The second-order valence-corrected chi connectivity index (χ2v) is 5.08. The lowest BCUT2D eigenvalue weighted by Crippen LogP contribution is -2.17. The molecule has 0 radical (unpaired) electrons. The van der Waals surface area contributed by atoms with Gasteiger partial charge in [0.15, 0.2) is 0 Å². The number of hydrogen-bond acceptors (Lipinski definition) is 2. The molecule has 3 nitrogen and oxygen atoms in total. The van der Waals surface area contributed by atoms with Gasteiger partial charge in [0.25, 0.3) is 0 Å². The van der Waals surface area contributed by atoms with Gasteiger partial charge in [-0.3, -0.25) is 9.78 Å². The third kappa shape index (κ3) is 3.76. The standard InChI is InChI=1S/C15H11ClF3NO2/c16-12-7-10(15(17,18)19)8-20-13(12)11(14(21)22)6-9-4-2-1-3-5-9/h1-5,7-8,11H,6H2,(H,21,22)/t11-/m0/s1. The van der Waals surface area contributed by atoms with E-state index in [0.29, 0.717) is 12.3 Å². The van der Waals surface area contributed by atoms with E-state index in [1.54, 1.807) is 30.3 Å². The zero-order chi connectivity index (χ0) is 16.3. The third-order valence-electron chi connectivity index (χ3n) is 3.11. The summed E-state index contributed by atoms with van der Waals surface area (Å²) in [6.45, 7) is 0. The maximum absolute atomic E-state index is 12.6. The van der Waals surface area contributed by atoms with Crippen LogP contribution in [0.25, 0.3) is 0 Å². The topological polar surface area (TPSA) is 50.2 Å². The first-order valence-electron chi connectivity index (χ1n) is 6.28. The quantitative estimate of drug-likeness (QED) is 0.916. The number of benzene rings is 1. The van der Waals surface area contributed by atoms with Crippen molar-refractivity contribution < 1.29 is 23.1 Å². The van der Waals surface area contributed by atoms with Gasteiger partial charge in [0.05, 0.1) is 16.3 Å². The van der Waals surface area contributed by atoms with E-state index in [9.17, 15) is 23.1 Å². The molecule has 2 rings (SSSR count). The van der Waals surface area contributed by atoms with Crippen LogP contribution in [-0.4, -0.2) is 16.1 Å². The summed E-state index contributed by atoms with van der Waals surface area (Å²) in [5, 5.41) is 9.01. The van der Waals surface area contributed by atoms with Gasteiger partial charge >= 0.3 is 12.1 Å². The highest BCUT2D eigenvalue weighted by atomic mass is 35.5. The summed E-state index contributed by atoms with van der Waals surface area (Å²) in [4.78, 5) is 15.0. The van der Waals surface area contributed by atoms with Gasteiger partial charge in [-0.15, -0.1) is 0 Å². The predicted molar refractivity (Wildman–Crippen MR) is 74.8 cm³/mol. The van der Waals surface area contributed by atoms with E-state index in [1.807, 2.05) is 0 Å². The molecule has 0 aliphatic rings. The van der Waals surface area contributed by atoms with E-state index in [4.69, 9.17) is 11.6 Å². The van der Waals surface area contributed by atoms with E-state index in [1.165, 1.54) is 0 Å². The summed E-state index contributed by atoms with van der Waals surface area (Å²) in [7, 11) is 0. The Morgan fingerprint density at radius 2 is 1.91 bits per heavy atom. The molecule has 0 saturated heterocycles. The van der Waals surface area contributed by atoms with Crippen molar-refractivity contribution >= 4 is 17.6 Å². The molecule has 2 aromatic rings. The molecule has 0 saturated carbocycles. The third-order valence-corrected chi connectivity index (χ3v) is 3.41. The Balaban J connectivity index is 2.35. The first kappa shape index (κ1) is 16.3. The summed E-state index contributed by atoms with van der Waals surface area (Å²) < 4.78 is 37.8. The molecule has 1 heterocycles. The molecule has 1 N–H and O–H groups in total. The number of halogens is 4. The SMILES string of the molecule is O=C(O)[C@@H](Cc1ccccc1)c1ncc(C(F)(F)F)cc1Cl. The van der Waals surface area contributed by atoms with Crippen molar-refractivity contribution in [3.8, 4) is 0 Å². The van der Waals surface area contributed by atoms with Gasteiger partial charge in [0.2, 0.25) is 0 Å². The molecule has 116 valence electrons. The number of alkyl halides is 3. The number of aliphatic carboxylic acids is 1. The smallest absolute Gasteiger partial charge is 0.417 e. The van der Waals surface area contributed by atoms with Crippen LogP contribution in [0.4, 0.5) is 13.2 Å². The lowest BCUT2D eigenvalue weighted by atomic mass is 9.95. The van der Waals surface area contributed by atoms with Crippen molar-refractivity contribution in [3.63, 3.8) is 0 Å². The van der Waals surface area contributed by atoms with E-state index in [2.05, 4.69) is 4.98 Å². The lowest BCUT2D eigenvalue weighted by molar-refractivity contribution is -0.138. The minimum absolute atomic E-state index is 0.0778. The molecule has 0 amide bonds. The molecule has 1 atom stereocenters. The molecule has 0 bridgehead atoms. The Bertz CT molecular complexity index is 674. The van der Waals surface area contributed by atoms with Gasteiger partial charge in [-0.1, -0.05) is 41.9 Å². The number of carboxylic acids is 1. The van der Waals surface area contributed by atoms with Crippen LogP contribution < -0.4 is 0 Å². The van der Waals surface area contributed by atoms with Crippen molar-refractivity contribution in [2.75, 3.05) is 0 Å². The van der Waals surface area contributed by atoms with Gasteiger partial charge in [-0.2, -0.15) is 13.2 Å². The monoisotopic (exact) mass is 329 g/mol. The first-order valence-corrected chi connectivity index (χ1v) is 6.66. The maximum Gasteiger partial charge on any atom is 0.417 e. The summed E-state index contributed by atoms with van der Waals surface area (Å²) in [5.74, 6) is -2.31. The molecule has 0 spiro atoms. The fraction of sp³-hybridized carbons (Fsp3) is 0.200. The zero-order valence-corrected chi connectivity index (χ0v) is 11.9. The molecule has 0 unspecified atom stereocenters. The number of pyridine rings is 1. The Kier molecular flexibility index (Phi) is 4.71. The summed E-state index contributed by atoms with van der Waals surface area (Å²) in [6, 6.07) is 9.43. The zero-order valence-electron chi connectivity index (χ0n) is 11.1. The molecule has 22 heavy (non-hydrogen) atoms. The second kappa shape index (κ2) is 6.36. The van der Waals surface area contributed by atoms with Crippen LogP contribution in [0.2, 0.25) is 5.02 Å². The number of nitrogens with zero attached hydrogens (tertiary/aromatic N) is 1. The van der Waals surface area contributed by atoms with Crippen LogP contribution in [0.5, 0.6) is 0 Å². The average molecular weight is 330 g/mol. The number of carboxylic acid groups (broad SMARTS) is 1. The first-order chi connectivity index (χ1) is 10.3. The number of hydrogen-bond donors (Lipinski definition) is 1. The van der Waals surface area contributed by atoms with Crippen LogP contribution in [0.15, 0.2) is 42.6 Å². The fourth-order valence-electron chi connectivity index (χ4n) is 2.01. The van der Waals surface area contributed by atoms with Gasteiger partial charge in [-0.25, -0.2) is 0 Å². The molecule has 0 aliphatic heterocycles. The Morgan fingerprint density at radius 3 is 2.41 bits per heavy atom. The van der Waals surface area contributed by atoms with Crippen LogP contribution in [0.1, 0.15) is 22.7 Å². The van der Waals surface area contributed by atoms with Gasteiger partial charge in [0.1, 0.15) is 5.92 Å². The van der Waals surface area contributed by atoms with E-state index in [-0.39, 0.29) is 17.1 Å². The summed E-state index contributed by atoms with van der Waals surface area (Å²) in [5.41, 5.74) is -0.358. The molecule has 1 aromatic heterocycles. The molecule has 1 aromatic carbocycles. The van der Waals surface area contributed by atoms with Crippen molar-refractivity contribution in [2.24, 2.45) is 0 Å². The number of carbonyl (C=O) groups is 1. The lowest BCUT2D eigenvalue weighted by Gasteiger charge is -2.15. The largest absolute Gasteiger partial charge is 0.481 e. The van der Waals surface area contributed by atoms with Crippen molar-refractivity contribution in [2.45, 2.75) is 18.5 Å². The minimum Gasteiger partial charge on any atom is -0.481 e. The molecule has 0 fully saturated rings. The molecular formula is C15H11ClF3NO2. The van der Waals surface area contributed by atoms with Gasteiger partial charge < -0.3 is 5.11 Å². The molecule has 7 heteroatoms. The Labute approximate surface area is 129 Å². The number of rotatable bonds is 4. The molecular weight excluding hydrogens is 319 g/mol. The van der Waals surface area contributed by atoms with E-state index < -0.39 is 23.6 Å². The van der Waals surface area contributed by atoms with Crippen molar-refractivity contribution in [1.29, 1.82) is 0 Å². The van der Waals surface area contributed by atoms with Crippen LogP contribution in [0, 0.1) is 0 Å². The number of aromatic nitrogens is 1. The maximum atomic E-state index is 12.6. The fourth-order valence-corrected chi connectivity index (χ4v) is 2.31. The van der Waals surface area contributed by atoms with E-state index in [0.717, 1.165) is 5.56 Å². The van der Waals surface area contributed by atoms with Crippen LogP contribution in [-0.2, 0) is 17.4 Å². The summed E-state index contributed by atoms with van der Waals surface area (Å²) in [6.07, 6.45) is -3.89.